The van der Waals surface area contributed by atoms with E-state index >= 15 is 0 Å². The first-order chi connectivity index (χ1) is 6.45. The smallest absolute Gasteiger partial charge is 0.316 e. The van der Waals surface area contributed by atoms with Crippen LogP contribution in [0, 0.1) is 0 Å². The van der Waals surface area contributed by atoms with Crippen molar-refractivity contribution in [3.63, 3.8) is 0 Å². The number of carboxylic acids is 2. The lowest BCUT2D eigenvalue weighted by atomic mass is 10.1. The molecule has 0 spiro atoms. The Balaban J connectivity index is 3.47. The highest BCUT2D eigenvalue weighted by atomic mass is 32.1. The Labute approximate surface area is 93.5 Å². The van der Waals surface area contributed by atoms with Crippen LogP contribution in [0.15, 0.2) is 0 Å². The normalized spacial score (nSPS) is 14.7. The second-order valence-electron chi connectivity index (χ2n) is 2.99. The maximum Gasteiger partial charge on any atom is 0.316 e. The molecule has 0 rings (SSSR count). The highest BCUT2D eigenvalue weighted by Gasteiger charge is 2.13. The Kier molecular flexibility index (Phi) is 6.82. The summed E-state index contributed by atoms with van der Waals surface area (Å²) in [6.45, 7) is 0. The second-order valence-corrected chi connectivity index (χ2v) is 4.24. The van der Waals surface area contributed by atoms with Crippen molar-refractivity contribution in [1.82, 2.24) is 0 Å². The van der Waals surface area contributed by atoms with Crippen molar-refractivity contribution in [1.29, 1.82) is 0 Å². The molecular formula is C8H14O4S2. The summed E-state index contributed by atoms with van der Waals surface area (Å²) in [4.78, 5) is 20.7. The van der Waals surface area contributed by atoms with Gasteiger partial charge < -0.3 is 10.2 Å². The third kappa shape index (κ3) is 6.15. The highest BCUT2D eigenvalue weighted by Crippen LogP contribution is 2.12. The third-order valence-corrected chi connectivity index (χ3v) is 2.73. The molecule has 0 fully saturated rings. The zero-order valence-electron chi connectivity index (χ0n) is 7.59. The number of rotatable bonds is 7. The van der Waals surface area contributed by atoms with Crippen LogP contribution in [0.4, 0.5) is 0 Å². The first kappa shape index (κ1) is 13.6. The van der Waals surface area contributed by atoms with Gasteiger partial charge in [0.2, 0.25) is 0 Å². The Morgan fingerprint density at radius 3 is 1.43 bits per heavy atom. The van der Waals surface area contributed by atoms with E-state index in [0.29, 0.717) is 25.7 Å². The minimum absolute atomic E-state index is 0.457. The molecule has 0 radical (unpaired) electrons. The molecule has 2 atom stereocenters. The Hall–Kier alpha value is -0.360. The van der Waals surface area contributed by atoms with Crippen molar-refractivity contribution < 1.29 is 19.8 Å². The van der Waals surface area contributed by atoms with Crippen LogP contribution in [0.3, 0.4) is 0 Å². The van der Waals surface area contributed by atoms with Gasteiger partial charge in [-0.1, -0.05) is 12.8 Å². The lowest BCUT2D eigenvalue weighted by Crippen LogP contribution is -2.15. The molecule has 0 aromatic rings. The molecule has 0 saturated heterocycles. The average molecular weight is 238 g/mol. The van der Waals surface area contributed by atoms with Gasteiger partial charge in [-0.3, -0.25) is 9.59 Å². The van der Waals surface area contributed by atoms with Crippen LogP contribution >= 0.6 is 25.3 Å². The lowest BCUT2D eigenvalue weighted by Gasteiger charge is -2.06. The van der Waals surface area contributed by atoms with Crippen molar-refractivity contribution in [2.24, 2.45) is 0 Å². The number of hydrogen-bond acceptors (Lipinski definition) is 4. The largest absolute Gasteiger partial charge is 0.480 e. The molecule has 0 saturated carbocycles. The van der Waals surface area contributed by atoms with Gasteiger partial charge in [0, 0.05) is 0 Å². The molecule has 2 unspecified atom stereocenters. The SMILES string of the molecule is O=C(O)C(S)CCCCC(S)C(=O)O. The van der Waals surface area contributed by atoms with Gasteiger partial charge in [0.15, 0.2) is 0 Å². The topological polar surface area (TPSA) is 74.6 Å². The second kappa shape index (κ2) is 7.00. The van der Waals surface area contributed by atoms with Crippen LogP contribution in [0.5, 0.6) is 0 Å². The van der Waals surface area contributed by atoms with Gasteiger partial charge in [-0.25, -0.2) is 0 Å². The van der Waals surface area contributed by atoms with Crippen LogP contribution in [0.1, 0.15) is 25.7 Å². The van der Waals surface area contributed by atoms with Crippen molar-refractivity contribution in [3.8, 4) is 0 Å². The van der Waals surface area contributed by atoms with Crippen LogP contribution in [-0.4, -0.2) is 32.7 Å². The van der Waals surface area contributed by atoms with E-state index in [1.54, 1.807) is 0 Å². The molecule has 6 heteroatoms. The number of hydrogen-bond donors (Lipinski definition) is 4. The first-order valence-corrected chi connectivity index (χ1v) is 5.30. The van der Waals surface area contributed by atoms with Crippen molar-refractivity contribution in [2.75, 3.05) is 0 Å². The minimum Gasteiger partial charge on any atom is -0.480 e. The van der Waals surface area contributed by atoms with E-state index < -0.39 is 22.4 Å². The number of carboxylic acid groups (broad SMARTS) is 2. The quantitative estimate of drug-likeness (QED) is 0.398. The lowest BCUT2D eigenvalue weighted by molar-refractivity contribution is -0.137. The van der Waals surface area contributed by atoms with E-state index in [1.807, 2.05) is 0 Å². The van der Waals surface area contributed by atoms with Gasteiger partial charge >= 0.3 is 11.9 Å². The monoisotopic (exact) mass is 238 g/mol. The average Bonchev–Trinajstić information content (AvgIpc) is 2.11. The van der Waals surface area contributed by atoms with Crippen molar-refractivity contribution in [2.45, 2.75) is 36.2 Å². The summed E-state index contributed by atoms with van der Waals surface area (Å²) in [5, 5.41) is 15.7. The fraction of sp³-hybridized carbons (Fsp3) is 0.750. The molecule has 0 bridgehead atoms. The maximum atomic E-state index is 10.3. The summed E-state index contributed by atoms with van der Waals surface area (Å²) in [6.07, 6.45) is 2.23. The summed E-state index contributed by atoms with van der Waals surface area (Å²) < 4.78 is 0. The molecule has 0 aliphatic heterocycles. The molecule has 0 aliphatic carbocycles. The molecule has 0 amide bonds. The Morgan fingerprint density at radius 2 is 1.21 bits per heavy atom. The zero-order chi connectivity index (χ0) is 11.1. The Morgan fingerprint density at radius 1 is 0.929 bits per heavy atom. The molecule has 0 heterocycles. The van der Waals surface area contributed by atoms with E-state index in [1.165, 1.54) is 0 Å². The first-order valence-electron chi connectivity index (χ1n) is 4.27. The molecule has 4 nitrogen and oxygen atoms in total. The highest BCUT2D eigenvalue weighted by molar-refractivity contribution is 7.82. The van der Waals surface area contributed by atoms with Gasteiger partial charge in [-0.05, 0) is 12.8 Å². The van der Waals surface area contributed by atoms with E-state index in [0.717, 1.165) is 0 Å². The van der Waals surface area contributed by atoms with Gasteiger partial charge in [0.1, 0.15) is 0 Å². The molecule has 82 valence electrons. The van der Waals surface area contributed by atoms with Crippen molar-refractivity contribution in [3.05, 3.63) is 0 Å². The predicted molar refractivity (Wildman–Crippen MR) is 59.3 cm³/mol. The van der Waals surface area contributed by atoms with Gasteiger partial charge in [0.25, 0.3) is 0 Å². The van der Waals surface area contributed by atoms with Crippen LogP contribution in [-0.2, 0) is 9.59 Å². The van der Waals surface area contributed by atoms with Crippen LogP contribution < -0.4 is 0 Å². The van der Waals surface area contributed by atoms with E-state index in [2.05, 4.69) is 25.3 Å². The number of carbonyl (C=O) groups is 2. The summed E-state index contributed by atoms with van der Waals surface area (Å²) in [6, 6.07) is 0. The van der Waals surface area contributed by atoms with Crippen molar-refractivity contribution >= 4 is 37.2 Å². The molecule has 0 aromatic heterocycles. The molecular weight excluding hydrogens is 224 g/mol. The molecule has 0 aromatic carbocycles. The standard InChI is InChI=1S/C8H14O4S2/c9-7(10)5(13)3-1-2-4-6(14)8(11)12/h5-6,13-14H,1-4H2,(H,9,10)(H,11,12). The number of aliphatic carboxylic acids is 2. The third-order valence-electron chi connectivity index (χ3n) is 1.78. The summed E-state index contributed by atoms with van der Waals surface area (Å²) in [5.74, 6) is -1.87. The van der Waals surface area contributed by atoms with E-state index in [-0.39, 0.29) is 0 Å². The van der Waals surface area contributed by atoms with Gasteiger partial charge in [0.05, 0.1) is 10.5 Å². The van der Waals surface area contributed by atoms with E-state index in [9.17, 15) is 9.59 Å². The summed E-state index contributed by atoms with van der Waals surface area (Å²) >= 11 is 7.71. The van der Waals surface area contributed by atoms with Gasteiger partial charge in [-0.15, -0.1) is 0 Å². The fourth-order valence-corrected chi connectivity index (χ4v) is 1.29. The number of unbranched alkanes of at least 4 members (excludes halogenated alkanes) is 1. The van der Waals surface area contributed by atoms with Crippen LogP contribution in [0.2, 0.25) is 0 Å². The van der Waals surface area contributed by atoms with Crippen LogP contribution in [0.25, 0.3) is 0 Å². The summed E-state index contributed by atoms with van der Waals surface area (Å²) in [5.41, 5.74) is 0. The maximum absolute atomic E-state index is 10.3. The minimum atomic E-state index is -0.936. The Bertz CT molecular complexity index is 186. The molecule has 2 N–H and O–H groups in total. The van der Waals surface area contributed by atoms with Gasteiger partial charge in [-0.2, -0.15) is 25.3 Å². The summed E-state index contributed by atoms with van der Waals surface area (Å²) in [7, 11) is 0. The number of thiol groups is 2. The zero-order valence-corrected chi connectivity index (χ0v) is 9.38. The fourth-order valence-electron chi connectivity index (χ4n) is 0.922. The predicted octanol–water partition coefficient (Wildman–Crippen LogP) is 1.31. The molecule has 14 heavy (non-hydrogen) atoms. The molecule has 0 aliphatic rings. The van der Waals surface area contributed by atoms with E-state index in [4.69, 9.17) is 10.2 Å².